The number of carbonyl (C=O) groups excluding carboxylic acids is 1. The van der Waals surface area contributed by atoms with Crippen molar-refractivity contribution in [2.75, 3.05) is 13.2 Å². The molecule has 48 valence electrons. The zero-order valence-corrected chi connectivity index (χ0v) is 4.59. The fourth-order valence-electron chi connectivity index (χ4n) is 0.257. The molecular weight excluding hydrogens is 112 g/mol. The van der Waals surface area contributed by atoms with E-state index in [0.29, 0.717) is 6.61 Å². The summed E-state index contributed by atoms with van der Waals surface area (Å²) in [7, 11) is 0. The quantitative estimate of drug-likeness (QED) is 0.205. The van der Waals surface area contributed by atoms with Gasteiger partial charge in [-0.3, -0.25) is 4.58 Å². The van der Waals surface area contributed by atoms with Crippen molar-refractivity contribution in [3.05, 3.63) is 0 Å². The van der Waals surface area contributed by atoms with Gasteiger partial charge in [-0.05, 0) is 6.92 Å². The molecular formula is C4H8O4. The lowest BCUT2D eigenvalue weighted by atomic mass is 10.7. The number of ether oxygens (including phenoxy) is 1. The van der Waals surface area contributed by atoms with Crippen molar-refractivity contribution in [2.24, 2.45) is 0 Å². The van der Waals surface area contributed by atoms with Crippen LogP contribution >= 0.6 is 0 Å². The van der Waals surface area contributed by atoms with Crippen molar-refractivity contribution < 1.29 is 19.7 Å². The van der Waals surface area contributed by atoms with Crippen LogP contribution in [0.15, 0.2) is 0 Å². The van der Waals surface area contributed by atoms with Crippen LogP contribution < -0.4 is 5.26 Å². The molecule has 1 N–H and O–H groups in total. The van der Waals surface area contributed by atoms with Crippen molar-refractivity contribution in [1.82, 2.24) is 0 Å². The van der Waals surface area contributed by atoms with Gasteiger partial charge in [0, 0.05) is 0 Å². The van der Waals surface area contributed by atoms with Gasteiger partial charge in [-0.1, -0.05) is 0 Å². The van der Waals surface area contributed by atoms with E-state index >= 15 is 0 Å². The van der Waals surface area contributed by atoms with Gasteiger partial charge in [0.25, 0.3) is 0 Å². The average Bonchev–Trinajstić information content (AvgIpc) is 1.83. The molecule has 0 spiro atoms. The number of aliphatic hydroxyl groups excluding tert-OH is 1. The maximum atomic E-state index is 9.43. The standard InChI is InChI=1S/C4H8O4/c1-2-7-4(3-5)8-6/h5H,2-3H2,1H3. The Morgan fingerprint density at radius 2 is 2.50 bits per heavy atom. The Balaban J connectivity index is 3.38. The Bertz CT molecular complexity index is 78.1. The molecule has 0 aliphatic carbocycles. The number of aliphatic hydroxyl groups is 1. The lowest BCUT2D eigenvalue weighted by Gasteiger charge is -1.88. The molecule has 4 nitrogen and oxygen atoms in total. The number of esters is 1. The predicted molar refractivity (Wildman–Crippen MR) is 23.7 cm³/mol. The van der Waals surface area contributed by atoms with Crippen LogP contribution in [-0.2, 0) is 9.31 Å². The van der Waals surface area contributed by atoms with Gasteiger partial charge in [0.05, 0.1) is 0 Å². The van der Waals surface area contributed by atoms with E-state index in [1.165, 1.54) is 0 Å². The molecule has 0 saturated carbocycles. The van der Waals surface area contributed by atoms with Crippen LogP contribution in [0.5, 0.6) is 0 Å². The Morgan fingerprint density at radius 3 is 2.62 bits per heavy atom. The summed E-state index contributed by atoms with van der Waals surface area (Å²) in [5.41, 5.74) is 0. The second-order valence-electron chi connectivity index (χ2n) is 1.05. The average molecular weight is 120 g/mol. The van der Waals surface area contributed by atoms with E-state index in [9.17, 15) is 5.26 Å². The zero-order valence-electron chi connectivity index (χ0n) is 4.59. The van der Waals surface area contributed by atoms with Gasteiger partial charge in [-0.25, -0.2) is 0 Å². The molecule has 0 rings (SSSR count). The van der Waals surface area contributed by atoms with Crippen LogP contribution in [0.4, 0.5) is 0 Å². The fraction of sp³-hybridized carbons (Fsp3) is 0.750. The van der Waals surface area contributed by atoms with Crippen LogP contribution in [0, 0.1) is 0 Å². The summed E-state index contributed by atoms with van der Waals surface area (Å²) in [5.74, 6) is -0.285. The summed E-state index contributed by atoms with van der Waals surface area (Å²) in [6, 6.07) is 0. The molecule has 0 aliphatic heterocycles. The second-order valence-corrected chi connectivity index (χ2v) is 1.05. The number of hydrogen-bond donors (Lipinski definition) is 1. The third-order valence-electron chi connectivity index (χ3n) is 0.527. The summed E-state index contributed by atoms with van der Waals surface area (Å²) < 4.78 is 7.81. The molecule has 0 amide bonds. The van der Waals surface area contributed by atoms with E-state index < -0.39 is 6.61 Å². The van der Waals surface area contributed by atoms with Gasteiger partial charge in [0.15, 0.2) is 13.2 Å². The molecule has 0 bridgehead atoms. The molecule has 0 aromatic rings. The first kappa shape index (κ1) is 7.23. The van der Waals surface area contributed by atoms with Crippen LogP contribution in [-0.4, -0.2) is 24.3 Å². The molecule has 0 aliphatic rings. The van der Waals surface area contributed by atoms with Crippen LogP contribution in [0.1, 0.15) is 6.92 Å². The third kappa shape index (κ3) is 2.41. The Labute approximate surface area is 46.9 Å². The SMILES string of the molecule is CCOC(CO)=[O+][O-]. The molecule has 0 radical (unpaired) electrons. The van der Waals surface area contributed by atoms with Gasteiger partial charge in [0.1, 0.15) is 0 Å². The minimum absolute atomic E-state index is 0.285. The van der Waals surface area contributed by atoms with Crippen molar-refractivity contribution >= 4 is 5.97 Å². The minimum atomic E-state index is -0.475. The smallest absolute Gasteiger partial charge is 0.523 e. The molecule has 0 fully saturated rings. The Morgan fingerprint density at radius 1 is 1.88 bits per heavy atom. The van der Waals surface area contributed by atoms with Gasteiger partial charge in [-0.2, -0.15) is 0 Å². The monoisotopic (exact) mass is 120 g/mol. The molecule has 0 saturated heterocycles. The maximum Gasteiger partial charge on any atom is 0.523 e. The summed E-state index contributed by atoms with van der Waals surface area (Å²) in [4.78, 5) is 0. The van der Waals surface area contributed by atoms with Crippen molar-refractivity contribution in [2.45, 2.75) is 6.92 Å². The first-order valence-corrected chi connectivity index (χ1v) is 2.24. The normalized spacial score (nSPS) is 11.5. The van der Waals surface area contributed by atoms with E-state index in [1.54, 1.807) is 6.92 Å². The highest BCUT2D eigenvalue weighted by molar-refractivity contribution is 5.70. The topological polar surface area (TPSA) is 63.8 Å². The van der Waals surface area contributed by atoms with Crippen LogP contribution in [0.25, 0.3) is 0 Å². The lowest BCUT2D eigenvalue weighted by Crippen LogP contribution is -2.17. The molecule has 4 heteroatoms. The van der Waals surface area contributed by atoms with Crippen molar-refractivity contribution in [3.8, 4) is 0 Å². The summed E-state index contributed by atoms with van der Waals surface area (Å²) in [6.45, 7) is 1.55. The zero-order chi connectivity index (χ0) is 6.41. The molecule has 0 atom stereocenters. The highest BCUT2D eigenvalue weighted by Gasteiger charge is 2.07. The van der Waals surface area contributed by atoms with E-state index in [0.717, 1.165) is 0 Å². The highest BCUT2D eigenvalue weighted by atomic mass is 17.1. The highest BCUT2D eigenvalue weighted by Crippen LogP contribution is 1.73. The Hall–Kier alpha value is -0.770. The lowest BCUT2D eigenvalue weighted by molar-refractivity contribution is -1.05. The van der Waals surface area contributed by atoms with Crippen LogP contribution in [0.2, 0.25) is 0 Å². The summed E-state index contributed by atoms with van der Waals surface area (Å²) >= 11 is 0. The fourth-order valence-corrected chi connectivity index (χ4v) is 0.257. The van der Waals surface area contributed by atoms with Gasteiger partial charge >= 0.3 is 5.97 Å². The largest absolute Gasteiger partial charge is 0.588 e. The Kier molecular flexibility index (Phi) is 3.97. The molecule has 0 heterocycles. The third-order valence-corrected chi connectivity index (χ3v) is 0.527. The van der Waals surface area contributed by atoms with E-state index in [4.69, 9.17) is 5.11 Å². The molecule has 0 aromatic heterocycles. The van der Waals surface area contributed by atoms with Crippen molar-refractivity contribution in [1.29, 1.82) is 0 Å². The second kappa shape index (κ2) is 4.39. The van der Waals surface area contributed by atoms with Gasteiger partial charge in [-0.15, -0.1) is 0 Å². The summed E-state index contributed by atoms with van der Waals surface area (Å²) in [5, 5.41) is 17.6. The minimum Gasteiger partial charge on any atom is -0.588 e. The van der Waals surface area contributed by atoms with Gasteiger partial charge in [0.2, 0.25) is 0 Å². The van der Waals surface area contributed by atoms with E-state index in [1.807, 2.05) is 0 Å². The van der Waals surface area contributed by atoms with Crippen LogP contribution in [0.3, 0.4) is 0 Å². The molecule has 0 unspecified atom stereocenters. The molecule has 0 aromatic carbocycles. The number of hydrogen-bond acceptors (Lipinski definition) is 3. The predicted octanol–water partition coefficient (Wildman–Crippen LogP) is -1.65. The number of rotatable bonds is 2. The first-order chi connectivity index (χ1) is 3.85. The maximum absolute atomic E-state index is 9.43. The summed E-state index contributed by atoms with van der Waals surface area (Å²) in [6.07, 6.45) is 0. The first-order valence-electron chi connectivity index (χ1n) is 2.24. The van der Waals surface area contributed by atoms with E-state index in [2.05, 4.69) is 9.31 Å². The van der Waals surface area contributed by atoms with Crippen molar-refractivity contribution in [3.63, 3.8) is 0 Å². The molecule has 8 heavy (non-hydrogen) atoms. The van der Waals surface area contributed by atoms with Gasteiger partial charge < -0.3 is 15.1 Å². The van der Waals surface area contributed by atoms with E-state index in [-0.39, 0.29) is 5.97 Å².